The molecule has 0 spiro atoms. The first-order chi connectivity index (χ1) is 7.78. The third-order valence-corrected chi connectivity index (χ3v) is 2.61. The van der Waals surface area contributed by atoms with Crippen LogP contribution in [0, 0.1) is 12.3 Å². The molecule has 1 heterocycles. The van der Waals surface area contributed by atoms with Gasteiger partial charge in [-0.2, -0.15) is 0 Å². The lowest BCUT2D eigenvalue weighted by Crippen LogP contribution is -2.28. The summed E-state index contributed by atoms with van der Waals surface area (Å²) in [7, 11) is 0. The van der Waals surface area contributed by atoms with E-state index < -0.39 is 0 Å². The number of amides is 1. The third-order valence-electron chi connectivity index (χ3n) is 2.61. The second kappa shape index (κ2) is 5.34. The summed E-state index contributed by atoms with van der Waals surface area (Å²) in [6.45, 7) is 10.3. The van der Waals surface area contributed by atoms with Gasteiger partial charge in [0, 0.05) is 18.3 Å². The van der Waals surface area contributed by atoms with Gasteiger partial charge in [-0.15, -0.1) is 0 Å². The molecule has 1 unspecified atom stereocenters. The molecule has 0 aliphatic carbocycles. The van der Waals surface area contributed by atoms with Crippen molar-refractivity contribution in [1.82, 2.24) is 15.3 Å². The van der Waals surface area contributed by atoms with Gasteiger partial charge >= 0.3 is 0 Å². The number of H-pyrrole nitrogens is 1. The van der Waals surface area contributed by atoms with Crippen molar-refractivity contribution in [2.24, 2.45) is 5.41 Å². The molecule has 0 fully saturated rings. The molecule has 0 saturated heterocycles. The fourth-order valence-corrected chi connectivity index (χ4v) is 1.52. The van der Waals surface area contributed by atoms with E-state index in [4.69, 9.17) is 0 Å². The topological polar surface area (TPSA) is 57.8 Å². The first-order valence-electron chi connectivity index (χ1n) is 6.09. The maximum atomic E-state index is 11.7. The van der Waals surface area contributed by atoms with Crippen molar-refractivity contribution >= 4 is 5.91 Å². The number of nitrogens with zero attached hydrogens (tertiary/aromatic N) is 1. The Morgan fingerprint density at radius 1 is 1.53 bits per heavy atom. The molecule has 0 aliphatic rings. The van der Waals surface area contributed by atoms with Gasteiger partial charge < -0.3 is 10.3 Å². The summed E-state index contributed by atoms with van der Waals surface area (Å²) in [4.78, 5) is 19.1. The van der Waals surface area contributed by atoms with Crippen LogP contribution in [-0.4, -0.2) is 15.9 Å². The van der Waals surface area contributed by atoms with Crippen LogP contribution in [0.3, 0.4) is 0 Å². The fourth-order valence-electron chi connectivity index (χ4n) is 1.52. The monoisotopic (exact) mass is 237 g/mol. The number of hydrogen-bond acceptors (Lipinski definition) is 2. The highest BCUT2D eigenvalue weighted by Crippen LogP contribution is 2.20. The van der Waals surface area contributed by atoms with Crippen molar-refractivity contribution in [2.75, 3.05) is 0 Å². The number of imidazole rings is 1. The first-order valence-corrected chi connectivity index (χ1v) is 6.09. The van der Waals surface area contributed by atoms with Gasteiger partial charge in [-0.05, 0) is 25.7 Å². The summed E-state index contributed by atoms with van der Waals surface area (Å²) in [6, 6.07) is -0.0591. The molecular weight excluding hydrogens is 214 g/mol. The molecule has 0 saturated carbocycles. The highest BCUT2D eigenvalue weighted by molar-refractivity contribution is 5.76. The lowest BCUT2D eigenvalue weighted by molar-refractivity contribution is -0.122. The van der Waals surface area contributed by atoms with Crippen molar-refractivity contribution in [2.45, 2.75) is 53.5 Å². The zero-order chi connectivity index (χ0) is 13.1. The van der Waals surface area contributed by atoms with Crippen LogP contribution in [0.15, 0.2) is 6.20 Å². The minimum Gasteiger partial charge on any atom is -0.346 e. The smallest absolute Gasteiger partial charge is 0.220 e. The normalized spacial score (nSPS) is 13.5. The molecule has 1 aromatic heterocycles. The Labute approximate surface area is 103 Å². The van der Waals surface area contributed by atoms with Crippen LogP contribution in [0.25, 0.3) is 0 Å². The van der Waals surface area contributed by atoms with Gasteiger partial charge in [-0.3, -0.25) is 4.79 Å². The van der Waals surface area contributed by atoms with E-state index in [0.717, 1.165) is 17.9 Å². The maximum absolute atomic E-state index is 11.7. The molecule has 17 heavy (non-hydrogen) atoms. The van der Waals surface area contributed by atoms with Gasteiger partial charge in [0.1, 0.15) is 5.82 Å². The molecule has 96 valence electrons. The van der Waals surface area contributed by atoms with Crippen LogP contribution in [0.5, 0.6) is 0 Å². The predicted molar refractivity (Wildman–Crippen MR) is 68.6 cm³/mol. The first kappa shape index (κ1) is 13.7. The number of nitrogens with one attached hydrogen (secondary N) is 2. The standard InChI is InChI=1S/C13H23N3O/c1-9-8-14-12(15-9)10(2)16-11(17)6-7-13(3,4)5/h8,10H,6-7H2,1-5H3,(H,14,15)(H,16,17). The molecule has 1 rings (SSSR count). The lowest BCUT2D eigenvalue weighted by atomic mass is 9.90. The molecule has 4 heteroatoms. The number of hydrogen-bond donors (Lipinski definition) is 2. The molecule has 2 N–H and O–H groups in total. The molecule has 0 bridgehead atoms. The van der Waals surface area contributed by atoms with E-state index >= 15 is 0 Å². The van der Waals surface area contributed by atoms with E-state index in [2.05, 4.69) is 36.1 Å². The summed E-state index contributed by atoms with van der Waals surface area (Å²) < 4.78 is 0. The lowest BCUT2D eigenvalue weighted by Gasteiger charge is -2.18. The van der Waals surface area contributed by atoms with Crippen LogP contribution < -0.4 is 5.32 Å². The fraction of sp³-hybridized carbons (Fsp3) is 0.692. The minimum atomic E-state index is -0.0591. The van der Waals surface area contributed by atoms with E-state index in [-0.39, 0.29) is 17.4 Å². The van der Waals surface area contributed by atoms with Crippen LogP contribution in [0.4, 0.5) is 0 Å². The molecule has 1 aromatic rings. The Bertz CT molecular complexity index is 376. The molecule has 1 amide bonds. The number of rotatable bonds is 4. The Kier molecular flexibility index (Phi) is 4.32. The molecule has 0 radical (unpaired) electrons. The predicted octanol–water partition coefficient (Wildman–Crippen LogP) is 2.72. The van der Waals surface area contributed by atoms with Gasteiger partial charge in [0.2, 0.25) is 5.91 Å². The summed E-state index contributed by atoms with van der Waals surface area (Å²) in [5, 5.41) is 2.95. The van der Waals surface area contributed by atoms with Gasteiger partial charge in [0.15, 0.2) is 0 Å². The van der Waals surface area contributed by atoms with Gasteiger partial charge in [0.25, 0.3) is 0 Å². The number of carbonyl (C=O) groups excluding carboxylic acids is 1. The SMILES string of the molecule is Cc1cnc(C(C)NC(=O)CCC(C)(C)C)[nH]1. The van der Waals surface area contributed by atoms with Crippen molar-refractivity contribution in [3.63, 3.8) is 0 Å². The van der Waals surface area contributed by atoms with Crippen molar-refractivity contribution < 1.29 is 4.79 Å². The second-order valence-corrected chi connectivity index (χ2v) is 5.80. The maximum Gasteiger partial charge on any atom is 0.220 e. The van der Waals surface area contributed by atoms with Crippen LogP contribution in [0.2, 0.25) is 0 Å². The molecule has 1 atom stereocenters. The van der Waals surface area contributed by atoms with E-state index in [1.165, 1.54) is 0 Å². The number of aryl methyl sites for hydroxylation is 1. The zero-order valence-corrected chi connectivity index (χ0v) is 11.4. The zero-order valence-electron chi connectivity index (χ0n) is 11.4. The average Bonchev–Trinajstić information content (AvgIpc) is 2.61. The number of carbonyl (C=O) groups is 1. The van der Waals surface area contributed by atoms with E-state index in [1.54, 1.807) is 6.20 Å². The summed E-state index contributed by atoms with van der Waals surface area (Å²) >= 11 is 0. The average molecular weight is 237 g/mol. The van der Waals surface area contributed by atoms with Crippen LogP contribution >= 0.6 is 0 Å². The van der Waals surface area contributed by atoms with Crippen LogP contribution in [0.1, 0.15) is 58.1 Å². The second-order valence-electron chi connectivity index (χ2n) is 5.80. The highest BCUT2D eigenvalue weighted by Gasteiger charge is 2.15. The van der Waals surface area contributed by atoms with E-state index in [0.29, 0.717) is 6.42 Å². The molecule has 4 nitrogen and oxygen atoms in total. The van der Waals surface area contributed by atoms with Crippen molar-refractivity contribution in [1.29, 1.82) is 0 Å². The third kappa shape index (κ3) is 5.02. The molecule has 0 aromatic carbocycles. The summed E-state index contributed by atoms with van der Waals surface area (Å²) in [5.41, 5.74) is 1.21. The Balaban J connectivity index is 2.41. The van der Waals surface area contributed by atoms with Crippen molar-refractivity contribution in [3.05, 3.63) is 17.7 Å². The van der Waals surface area contributed by atoms with Crippen molar-refractivity contribution in [3.8, 4) is 0 Å². The summed E-state index contributed by atoms with van der Waals surface area (Å²) in [6.07, 6.45) is 3.23. The quantitative estimate of drug-likeness (QED) is 0.846. The van der Waals surface area contributed by atoms with E-state index in [1.807, 2.05) is 13.8 Å². The minimum absolute atomic E-state index is 0.0591. The summed E-state index contributed by atoms with van der Waals surface area (Å²) in [5.74, 6) is 0.896. The Hall–Kier alpha value is -1.32. The number of aromatic nitrogens is 2. The Morgan fingerprint density at radius 3 is 2.65 bits per heavy atom. The number of aromatic amines is 1. The van der Waals surface area contributed by atoms with E-state index in [9.17, 15) is 4.79 Å². The molecular formula is C13H23N3O. The van der Waals surface area contributed by atoms with Gasteiger partial charge in [-0.25, -0.2) is 4.98 Å². The largest absolute Gasteiger partial charge is 0.346 e. The highest BCUT2D eigenvalue weighted by atomic mass is 16.1. The van der Waals surface area contributed by atoms with Crippen LogP contribution in [-0.2, 0) is 4.79 Å². The van der Waals surface area contributed by atoms with Gasteiger partial charge in [-0.1, -0.05) is 20.8 Å². The Morgan fingerprint density at radius 2 is 2.18 bits per heavy atom. The van der Waals surface area contributed by atoms with Gasteiger partial charge in [0.05, 0.1) is 6.04 Å². The molecule has 0 aliphatic heterocycles.